The maximum atomic E-state index is 12.7. The van der Waals surface area contributed by atoms with Gasteiger partial charge in [0.1, 0.15) is 5.82 Å². The molecule has 0 fully saturated rings. The molecule has 0 bridgehead atoms. The lowest BCUT2D eigenvalue weighted by Crippen LogP contribution is -2.27. The number of thioether (sulfide) groups is 2. The zero-order valence-electron chi connectivity index (χ0n) is 11.4. The molecule has 0 atom stereocenters. The fraction of sp³-hybridized carbons (Fsp3) is 0.188. The smallest absolute Gasteiger partial charge is 0.230 e. The Labute approximate surface area is 132 Å². The zero-order chi connectivity index (χ0) is 14.9. The Balaban J connectivity index is 1.60. The van der Waals surface area contributed by atoms with E-state index >= 15 is 0 Å². The molecule has 0 saturated carbocycles. The summed E-state index contributed by atoms with van der Waals surface area (Å²) >= 11 is 3.12. The van der Waals surface area contributed by atoms with Gasteiger partial charge >= 0.3 is 0 Å². The van der Waals surface area contributed by atoms with E-state index in [4.69, 9.17) is 0 Å². The SMILES string of the molecule is O=C(CSc1ccc(F)cc1)NCCSc1ccccc1. The minimum absolute atomic E-state index is 0.00186. The third kappa shape index (κ3) is 6.23. The summed E-state index contributed by atoms with van der Waals surface area (Å²) < 4.78 is 12.7. The third-order valence-corrected chi connectivity index (χ3v) is 4.65. The molecule has 0 saturated heterocycles. The van der Waals surface area contributed by atoms with Crippen LogP contribution in [0.1, 0.15) is 0 Å². The summed E-state index contributed by atoms with van der Waals surface area (Å²) in [5.74, 6) is 0.929. The number of carbonyl (C=O) groups excluding carboxylic acids is 1. The van der Waals surface area contributed by atoms with E-state index in [1.165, 1.54) is 28.8 Å². The lowest BCUT2D eigenvalue weighted by molar-refractivity contribution is -0.118. The van der Waals surface area contributed by atoms with Gasteiger partial charge in [0.05, 0.1) is 5.75 Å². The lowest BCUT2D eigenvalue weighted by atomic mass is 10.4. The highest BCUT2D eigenvalue weighted by atomic mass is 32.2. The van der Waals surface area contributed by atoms with Crippen molar-refractivity contribution < 1.29 is 9.18 Å². The van der Waals surface area contributed by atoms with Crippen LogP contribution in [0.2, 0.25) is 0 Å². The summed E-state index contributed by atoms with van der Waals surface area (Å²) in [4.78, 5) is 13.8. The van der Waals surface area contributed by atoms with Gasteiger partial charge in [0.2, 0.25) is 5.91 Å². The first-order valence-corrected chi connectivity index (χ1v) is 8.54. The predicted molar refractivity (Wildman–Crippen MR) is 87.3 cm³/mol. The van der Waals surface area contributed by atoms with Crippen molar-refractivity contribution in [1.82, 2.24) is 5.32 Å². The summed E-state index contributed by atoms with van der Waals surface area (Å²) in [6.07, 6.45) is 0. The molecule has 21 heavy (non-hydrogen) atoms. The van der Waals surface area contributed by atoms with E-state index < -0.39 is 0 Å². The average Bonchev–Trinajstić information content (AvgIpc) is 2.52. The third-order valence-electron chi connectivity index (χ3n) is 2.62. The summed E-state index contributed by atoms with van der Waals surface area (Å²) in [5.41, 5.74) is 0. The van der Waals surface area contributed by atoms with Crippen molar-refractivity contribution in [3.63, 3.8) is 0 Å². The first kappa shape index (κ1) is 15.9. The molecule has 5 heteroatoms. The second-order valence-corrected chi connectivity index (χ2v) is 6.47. The molecule has 0 unspecified atom stereocenters. The molecule has 0 aliphatic carbocycles. The first-order valence-electron chi connectivity index (χ1n) is 6.57. The number of amides is 1. The summed E-state index contributed by atoms with van der Waals surface area (Å²) in [6, 6.07) is 16.2. The van der Waals surface area contributed by atoms with E-state index in [1.54, 1.807) is 23.9 Å². The standard InChI is InChI=1S/C16H16FNOS2/c17-13-6-8-15(9-7-13)21-12-16(19)18-10-11-20-14-4-2-1-3-5-14/h1-9H,10-12H2,(H,18,19). The summed E-state index contributed by atoms with van der Waals surface area (Å²) in [7, 11) is 0. The minimum atomic E-state index is -0.262. The number of hydrogen-bond acceptors (Lipinski definition) is 3. The molecule has 2 aromatic carbocycles. The number of nitrogens with one attached hydrogen (secondary N) is 1. The van der Waals surface area contributed by atoms with Gasteiger partial charge in [0.25, 0.3) is 0 Å². The van der Waals surface area contributed by atoms with Crippen molar-refractivity contribution in [3.8, 4) is 0 Å². The molecule has 1 N–H and O–H groups in total. The van der Waals surface area contributed by atoms with Crippen molar-refractivity contribution in [1.29, 1.82) is 0 Å². The van der Waals surface area contributed by atoms with Crippen LogP contribution in [-0.4, -0.2) is 24.0 Å². The van der Waals surface area contributed by atoms with Crippen LogP contribution < -0.4 is 5.32 Å². The van der Waals surface area contributed by atoms with E-state index in [2.05, 4.69) is 17.4 Å². The fourth-order valence-electron chi connectivity index (χ4n) is 1.61. The molecule has 0 heterocycles. The normalized spacial score (nSPS) is 10.3. The van der Waals surface area contributed by atoms with Gasteiger partial charge in [-0.1, -0.05) is 18.2 Å². The van der Waals surface area contributed by atoms with Crippen molar-refractivity contribution in [2.45, 2.75) is 9.79 Å². The molecular formula is C16H16FNOS2. The highest BCUT2D eigenvalue weighted by Crippen LogP contribution is 2.18. The van der Waals surface area contributed by atoms with Crippen molar-refractivity contribution in [3.05, 3.63) is 60.4 Å². The largest absolute Gasteiger partial charge is 0.355 e. The number of hydrogen-bond donors (Lipinski definition) is 1. The van der Waals surface area contributed by atoms with Crippen LogP contribution in [0.4, 0.5) is 4.39 Å². The summed E-state index contributed by atoms with van der Waals surface area (Å²) in [6.45, 7) is 0.641. The second kappa shape index (κ2) is 8.74. The van der Waals surface area contributed by atoms with Gasteiger partial charge in [-0.2, -0.15) is 0 Å². The maximum Gasteiger partial charge on any atom is 0.230 e. The first-order chi connectivity index (χ1) is 10.2. The van der Waals surface area contributed by atoms with Gasteiger partial charge in [0, 0.05) is 22.1 Å². The van der Waals surface area contributed by atoms with Gasteiger partial charge in [0.15, 0.2) is 0 Å². The molecule has 2 rings (SSSR count). The molecule has 110 valence electrons. The Hall–Kier alpha value is -1.46. The van der Waals surface area contributed by atoms with E-state index in [-0.39, 0.29) is 11.7 Å². The lowest BCUT2D eigenvalue weighted by Gasteiger charge is -2.05. The van der Waals surface area contributed by atoms with E-state index in [9.17, 15) is 9.18 Å². The van der Waals surface area contributed by atoms with Crippen LogP contribution in [0.25, 0.3) is 0 Å². The van der Waals surface area contributed by atoms with Gasteiger partial charge in [-0.05, 0) is 36.4 Å². The van der Waals surface area contributed by atoms with Crippen molar-refractivity contribution in [2.24, 2.45) is 0 Å². The molecule has 0 spiro atoms. The number of rotatable bonds is 7. The highest BCUT2D eigenvalue weighted by Gasteiger charge is 2.02. The van der Waals surface area contributed by atoms with Gasteiger partial charge < -0.3 is 5.32 Å². The van der Waals surface area contributed by atoms with Crippen LogP contribution >= 0.6 is 23.5 Å². The van der Waals surface area contributed by atoms with Crippen LogP contribution in [0.5, 0.6) is 0 Å². The van der Waals surface area contributed by atoms with Crippen LogP contribution in [0.15, 0.2) is 64.4 Å². The monoisotopic (exact) mass is 321 g/mol. The minimum Gasteiger partial charge on any atom is -0.355 e. The number of benzene rings is 2. The van der Waals surface area contributed by atoms with Gasteiger partial charge in [-0.3, -0.25) is 4.79 Å². The quantitative estimate of drug-likeness (QED) is 0.621. The van der Waals surface area contributed by atoms with Gasteiger partial charge in [-0.25, -0.2) is 4.39 Å². The molecule has 2 nitrogen and oxygen atoms in total. The van der Waals surface area contributed by atoms with Gasteiger partial charge in [-0.15, -0.1) is 23.5 Å². The van der Waals surface area contributed by atoms with E-state index in [1.807, 2.05) is 18.2 Å². The molecule has 0 aliphatic heterocycles. The topological polar surface area (TPSA) is 29.1 Å². The predicted octanol–water partition coefficient (Wildman–Crippen LogP) is 3.83. The van der Waals surface area contributed by atoms with Crippen LogP contribution in [-0.2, 0) is 4.79 Å². The zero-order valence-corrected chi connectivity index (χ0v) is 13.1. The Morgan fingerprint density at radius 2 is 1.62 bits per heavy atom. The Morgan fingerprint density at radius 3 is 2.33 bits per heavy atom. The highest BCUT2D eigenvalue weighted by molar-refractivity contribution is 8.00. The van der Waals surface area contributed by atoms with Crippen molar-refractivity contribution in [2.75, 3.05) is 18.1 Å². The van der Waals surface area contributed by atoms with Crippen LogP contribution in [0.3, 0.4) is 0 Å². The molecule has 0 radical (unpaired) electrons. The Kier molecular flexibility index (Phi) is 6.63. The molecule has 2 aromatic rings. The average molecular weight is 321 g/mol. The maximum absolute atomic E-state index is 12.7. The second-order valence-electron chi connectivity index (χ2n) is 4.25. The Bertz CT molecular complexity index is 560. The molecule has 0 aromatic heterocycles. The van der Waals surface area contributed by atoms with Crippen LogP contribution in [0, 0.1) is 5.82 Å². The Morgan fingerprint density at radius 1 is 0.952 bits per heavy atom. The summed E-state index contributed by atoms with van der Waals surface area (Å²) in [5, 5.41) is 2.88. The molecule has 1 amide bonds. The number of halogens is 1. The number of carbonyl (C=O) groups is 1. The van der Waals surface area contributed by atoms with E-state index in [0.717, 1.165) is 10.6 Å². The molecular weight excluding hydrogens is 305 g/mol. The fourth-order valence-corrected chi connectivity index (χ4v) is 3.12. The van der Waals surface area contributed by atoms with E-state index in [0.29, 0.717) is 12.3 Å². The van der Waals surface area contributed by atoms with Crippen molar-refractivity contribution >= 4 is 29.4 Å². The molecule has 0 aliphatic rings.